The molecule has 1 aliphatic carbocycles. The van der Waals surface area contributed by atoms with E-state index in [1.807, 2.05) is 0 Å². The normalized spacial score (nSPS) is 18.4. The van der Waals surface area contributed by atoms with Crippen molar-refractivity contribution in [1.82, 2.24) is 0 Å². The Morgan fingerprint density at radius 1 is 1.27 bits per heavy atom. The Bertz CT molecular complexity index is 102. The molecular weight excluding hydrogens is 138 g/mol. The number of hydrogen-bond acceptors (Lipinski definition) is 1. The lowest BCUT2D eigenvalue weighted by atomic mass is 9.91. The molecule has 1 amide bonds. The maximum absolute atomic E-state index is 9.22. The Hall–Kier alpha value is -0.530. The minimum Gasteiger partial charge on any atom is -0.370 e. The second-order valence-electron chi connectivity index (χ2n) is 3.35. The molecule has 1 fully saturated rings. The highest BCUT2D eigenvalue weighted by atomic mass is 16.1. The van der Waals surface area contributed by atoms with E-state index in [1.54, 1.807) is 0 Å². The standard InChI is InChI=1S/C7H14.C2H5NO/c1-7-5-3-2-4-6-7;1-2(3)4/h7H,2-6H2,1H3;1H3,(H2,3,4). The van der Waals surface area contributed by atoms with Crippen molar-refractivity contribution in [2.75, 3.05) is 0 Å². The van der Waals surface area contributed by atoms with Crippen LogP contribution in [0.3, 0.4) is 0 Å². The topological polar surface area (TPSA) is 43.1 Å². The van der Waals surface area contributed by atoms with Crippen molar-refractivity contribution < 1.29 is 4.79 Å². The second-order valence-corrected chi connectivity index (χ2v) is 3.35. The van der Waals surface area contributed by atoms with E-state index in [4.69, 9.17) is 0 Å². The van der Waals surface area contributed by atoms with Crippen LogP contribution in [-0.4, -0.2) is 5.91 Å². The zero-order valence-electron chi connectivity index (χ0n) is 7.60. The molecule has 0 saturated heterocycles. The van der Waals surface area contributed by atoms with Gasteiger partial charge >= 0.3 is 0 Å². The minimum atomic E-state index is -0.333. The van der Waals surface area contributed by atoms with Crippen LogP contribution in [0.1, 0.15) is 46.0 Å². The predicted molar refractivity (Wildman–Crippen MR) is 47.1 cm³/mol. The molecule has 0 bridgehead atoms. The lowest BCUT2D eigenvalue weighted by Crippen LogP contribution is -2.01. The summed E-state index contributed by atoms with van der Waals surface area (Å²) in [4.78, 5) is 9.22. The Kier molecular flexibility index (Phi) is 5.90. The molecule has 1 saturated carbocycles. The number of rotatable bonds is 0. The van der Waals surface area contributed by atoms with Crippen LogP contribution in [0.2, 0.25) is 0 Å². The molecule has 0 atom stereocenters. The van der Waals surface area contributed by atoms with E-state index in [0.29, 0.717) is 0 Å². The predicted octanol–water partition coefficient (Wildman–Crippen LogP) is 2.08. The van der Waals surface area contributed by atoms with Crippen molar-refractivity contribution in [1.29, 1.82) is 0 Å². The summed E-state index contributed by atoms with van der Waals surface area (Å²) in [6.45, 7) is 3.67. The van der Waals surface area contributed by atoms with E-state index in [2.05, 4.69) is 12.7 Å². The van der Waals surface area contributed by atoms with Gasteiger partial charge in [0.05, 0.1) is 0 Å². The summed E-state index contributed by atoms with van der Waals surface area (Å²) in [5.74, 6) is 0.703. The highest BCUT2D eigenvalue weighted by Gasteiger charge is 2.05. The van der Waals surface area contributed by atoms with Crippen molar-refractivity contribution in [3.63, 3.8) is 0 Å². The molecule has 0 unspecified atom stereocenters. The van der Waals surface area contributed by atoms with Crippen molar-refractivity contribution in [3.05, 3.63) is 0 Å². The maximum atomic E-state index is 9.22. The lowest BCUT2D eigenvalue weighted by molar-refractivity contribution is -0.115. The summed E-state index contributed by atoms with van der Waals surface area (Å²) >= 11 is 0. The van der Waals surface area contributed by atoms with Crippen molar-refractivity contribution >= 4 is 5.91 Å². The molecule has 1 aliphatic rings. The summed E-state index contributed by atoms with van der Waals surface area (Å²) in [6.07, 6.45) is 7.44. The van der Waals surface area contributed by atoms with E-state index in [1.165, 1.54) is 39.0 Å². The van der Waals surface area contributed by atoms with Crippen LogP contribution in [0.15, 0.2) is 0 Å². The zero-order valence-corrected chi connectivity index (χ0v) is 7.60. The van der Waals surface area contributed by atoms with Gasteiger partial charge in [0.2, 0.25) is 5.91 Å². The number of amides is 1. The van der Waals surface area contributed by atoms with Crippen LogP contribution >= 0.6 is 0 Å². The molecular formula is C9H19NO. The van der Waals surface area contributed by atoms with Crippen molar-refractivity contribution in [2.24, 2.45) is 11.7 Å². The molecule has 0 radical (unpaired) electrons. The van der Waals surface area contributed by atoms with Crippen LogP contribution in [0.4, 0.5) is 0 Å². The van der Waals surface area contributed by atoms with Gasteiger partial charge in [-0.2, -0.15) is 0 Å². The van der Waals surface area contributed by atoms with Gasteiger partial charge in [-0.05, 0) is 5.92 Å². The maximum Gasteiger partial charge on any atom is 0.214 e. The highest BCUT2D eigenvalue weighted by molar-refractivity contribution is 5.70. The Balaban J connectivity index is 0.000000218. The van der Waals surface area contributed by atoms with Gasteiger partial charge < -0.3 is 5.73 Å². The Morgan fingerprint density at radius 3 is 1.82 bits per heavy atom. The molecule has 0 spiro atoms. The molecule has 2 heteroatoms. The quantitative estimate of drug-likeness (QED) is 0.574. The molecule has 1 rings (SSSR count). The Morgan fingerprint density at radius 2 is 1.64 bits per heavy atom. The van der Waals surface area contributed by atoms with Crippen LogP contribution in [0.5, 0.6) is 0 Å². The fourth-order valence-electron chi connectivity index (χ4n) is 1.31. The van der Waals surface area contributed by atoms with Gasteiger partial charge in [-0.25, -0.2) is 0 Å². The van der Waals surface area contributed by atoms with Gasteiger partial charge in [-0.1, -0.05) is 39.0 Å². The minimum absolute atomic E-state index is 0.333. The fraction of sp³-hybridized carbons (Fsp3) is 0.889. The zero-order chi connectivity index (χ0) is 8.69. The van der Waals surface area contributed by atoms with Crippen molar-refractivity contribution in [3.8, 4) is 0 Å². The summed E-state index contributed by atoms with van der Waals surface area (Å²) in [7, 11) is 0. The SMILES string of the molecule is CC(N)=O.CC1CCCCC1. The van der Waals surface area contributed by atoms with Crippen LogP contribution in [0.25, 0.3) is 0 Å². The molecule has 2 N–H and O–H groups in total. The summed E-state index contributed by atoms with van der Waals surface area (Å²) in [6, 6.07) is 0. The first-order valence-electron chi connectivity index (χ1n) is 4.39. The van der Waals surface area contributed by atoms with Gasteiger partial charge in [-0.15, -0.1) is 0 Å². The van der Waals surface area contributed by atoms with E-state index in [0.717, 1.165) is 5.92 Å². The third kappa shape index (κ3) is 9.47. The van der Waals surface area contributed by atoms with Gasteiger partial charge in [0.15, 0.2) is 0 Å². The smallest absolute Gasteiger partial charge is 0.214 e. The van der Waals surface area contributed by atoms with Gasteiger partial charge in [0.25, 0.3) is 0 Å². The second kappa shape index (κ2) is 6.20. The van der Waals surface area contributed by atoms with E-state index in [-0.39, 0.29) is 5.91 Å². The number of carbonyl (C=O) groups excluding carboxylic acids is 1. The Labute approximate surface area is 69.2 Å². The molecule has 66 valence electrons. The number of hydrogen-bond donors (Lipinski definition) is 1. The van der Waals surface area contributed by atoms with E-state index < -0.39 is 0 Å². The molecule has 0 aromatic carbocycles. The number of nitrogens with two attached hydrogens (primary N) is 1. The molecule has 11 heavy (non-hydrogen) atoms. The summed E-state index contributed by atoms with van der Waals surface area (Å²) in [5, 5.41) is 0. The van der Waals surface area contributed by atoms with Crippen LogP contribution in [-0.2, 0) is 4.79 Å². The molecule has 2 nitrogen and oxygen atoms in total. The first kappa shape index (κ1) is 10.5. The third-order valence-corrected chi connectivity index (χ3v) is 1.89. The third-order valence-electron chi connectivity index (χ3n) is 1.89. The van der Waals surface area contributed by atoms with Crippen LogP contribution < -0.4 is 5.73 Å². The lowest BCUT2D eigenvalue weighted by Gasteiger charge is -2.15. The van der Waals surface area contributed by atoms with Gasteiger partial charge in [-0.3, -0.25) is 4.79 Å². The molecule has 0 heterocycles. The molecule has 0 aromatic rings. The van der Waals surface area contributed by atoms with Crippen molar-refractivity contribution in [2.45, 2.75) is 46.0 Å². The van der Waals surface area contributed by atoms with Gasteiger partial charge in [0, 0.05) is 6.92 Å². The van der Waals surface area contributed by atoms with Crippen LogP contribution in [0, 0.1) is 5.92 Å². The average Bonchev–Trinajstić information content (AvgIpc) is 1.87. The van der Waals surface area contributed by atoms with E-state index >= 15 is 0 Å². The average molecular weight is 157 g/mol. The van der Waals surface area contributed by atoms with Gasteiger partial charge in [0.1, 0.15) is 0 Å². The monoisotopic (exact) mass is 157 g/mol. The highest BCUT2D eigenvalue weighted by Crippen LogP contribution is 2.21. The summed E-state index contributed by atoms with van der Waals surface area (Å²) < 4.78 is 0. The number of primary amides is 1. The molecule has 0 aliphatic heterocycles. The first-order valence-corrected chi connectivity index (χ1v) is 4.39. The number of carbonyl (C=O) groups is 1. The summed E-state index contributed by atoms with van der Waals surface area (Å²) in [5.41, 5.74) is 4.47. The first-order chi connectivity index (χ1) is 5.13. The largest absolute Gasteiger partial charge is 0.370 e. The van der Waals surface area contributed by atoms with E-state index in [9.17, 15) is 4.79 Å². The fourth-order valence-corrected chi connectivity index (χ4v) is 1.31. The molecule has 0 aromatic heterocycles.